The monoisotopic (exact) mass is 293 g/mol. The summed E-state index contributed by atoms with van der Waals surface area (Å²) >= 11 is 0. The molecule has 5 nitrogen and oxygen atoms in total. The van der Waals surface area contributed by atoms with Crippen LogP contribution in [-0.2, 0) is 9.59 Å². The summed E-state index contributed by atoms with van der Waals surface area (Å²) in [6, 6.07) is 9.71. The normalized spacial score (nSPS) is 15.0. The van der Waals surface area contributed by atoms with Crippen molar-refractivity contribution in [2.45, 2.75) is 26.2 Å². The van der Waals surface area contributed by atoms with Crippen LogP contribution in [0.5, 0.6) is 0 Å². The lowest BCUT2D eigenvalue weighted by atomic mass is 9.82. The standard InChI is InChI=1S/C16H23NO4/c1-11(13-6-4-3-5-7-13)10-14(12(2)16(20)21)15(19)17-8-9-18/h3-7,11-12,14,18H,8-10H2,1-2H3,(H,17,19)(H,20,21)/t11?,12-,14?/m1/s1. The number of carbonyl (C=O) groups is 2. The van der Waals surface area contributed by atoms with Crippen molar-refractivity contribution in [1.29, 1.82) is 0 Å². The van der Waals surface area contributed by atoms with Crippen molar-refractivity contribution < 1.29 is 19.8 Å². The smallest absolute Gasteiger partial charge is 0.307 e. The number of aliphatic hydroxyl groups excluding tert-OH is 1. The first-order chi connectivity index (χ1) is 9.97. The molecule has 2 unspecified atom stereocenters. The minimum Gasteiger partial charge on any atom is -0.481 e. The Bertz CT molecular complexity index is 461. The first-order valence-corrected chi connectivity index (χ1v) is 7.13. The summed E-state index contributed by atoms with van der Waals surface area (Å²) in [6.45, 7) is 3.51. The van der Waals surface area contributed by atoms with Crippen LogP contribution in [0.3, 0.4) is 0 Å². The maximum atomic E-state index is 12.1. The van der Waals surface area contributed by atoms with Gasteiger partial charge in [0.05, 0.1) is 18.4 Å². The van der Waals surface area contributed by atoms with Gasteiger partial charge in [-0.2, -0.15) is 0 Å². The number of carbonyl (C=O) groups excluding carboxylic acids is 1. The number of rotatable bonds is 8. The lowest BCUT2D eigenvalue weighted by molar-refractivity contribution is -0.146. The van der Waals surface area contributed by atoms with Crippen LogP contribution in [0.25, 0.3) is 0 Å². The second-order valence-corrected chi connectivity index (χ2v) is 5.30. The molecule has 1 aromatic carbocycles. The fourth-order valence-electron chi connectivity index (χ4n) is 2.32. The molecular weight excluding hydrogens is 270 g/mol. The number of nitrogens with one attached hydrogen (secondary N) is 1. The number of carboxylic acids is 1. The van der Waals surface area contributed by atoms with E-state index in [1.165, 1.54) is 0 Å². The van der Waals surface area contributed by atoms with Gasteiger partial charge >= 0.3 is 5.97 Å². The van der Waals surface area contributed by atoms with E-state index in [1.807, 2.05) is 37.3 Å². The molecule has 0 aliphatic rings. The molecule has 0 aliphatic heterocycles. The molecule has 0 radical (unpaired) electrons. The molecule has 0 saturated carbocycles. The van der Waals surface area contributed by atoms with Crippen LogP contribution in [0.2, 0.25) is 0 Å². The molecule has 0 bridgehead atoms. The lowest BCUT2D eigenvalue weighted by Gasteiger charge is -2.23. The van der Waals surface area contributed by atoms with Gasteiger partial charge in [-0.1, -0.05) is 44.2 Å². The summed E-state index contributed by atoms with van der Waals surface area (Å²) < 4.78 is 0. The van der Waals surface area contributed by atoms with Crippen LogP contribution >= 0.6 is 0 Å². The molecule has 5 heteroatoms. The van der Waals surface area contributed by atoms with Gasteiger partial charge in [-0.3, -0.25) is 9.59 Å². The largest absolute Gasteiger partial charge is 0.481 e. The number of amides is 1. The summed E-state index contributed by atoms with van der Waals surface area (Å²) in [5, 5.41) is 20.5. The minimum atomic E-state index is -0.987. The summed E-state index contributed by atoms with van der Waals surface area (Å²) in [5.74, 6) is -2.61. The Kier molecular flexibility index (Phi) is 6.88. The Balaban J connectivity index is 2.81. The van der Waals surface area contributed by atoms with Crippen LogP contribution in [-0.4, -0.2) is 35.2 Å². The molecule has 0 fully saturated rings. The molecule has 0 spiro atoms. The van der Waals surface area contributed by atoms with Crippen LogP contribution in [0, 0.1) is 11.8 Å². The third kappa shape index (κ3) is 5.19. The third-order valence-corrected chi connectivity index (χ3v) is 3.72. The molecule has 0 aromatic heterocycles. The van der Waals surface area contributed by atoms with E-state index in [9.17, 15) is 14.7 Å². The number of aliphatic hydroxyl groups is 1. The van der Waals surface area contributed by atoms with Crippen LogP contribution in [0.1, 0.15) is 31.7 Å². The fraction of sp³-hybridized carbons (Fsp3) is 0.500. The highest BCUT2D eigenvalue weighted by molar-refractivity contribution is 5.84. The van der Waals surface area contributed by atoms with Crippen molar-refractivity contribution in [3.05, 3.63) is 35.9 Å². The second kappa shape index (κ2) is 8.42. The van der Waals surface area contributed by atoms with Gasteiger partial charge in [-0.05, 0) is 17.9 Å². The first-order valence-electron chi connectivity index (χ1n) is 7.13. The third-order valence-electron chi connectivity index (χ3n) is 3.72. The van der Waals surface area contributed by atoms with Crippen molar-refractivity contribution in [3.8, 4) is 0 Å². The van der Waals surface area contributed by atoms with E-state index >= 15 is 0 Å². The van der Waals surface area contributed by atoms with Crippen molar-refractivity contribution in [1.82, 2.24) is 5.32 Å². The Morgan fingerprint density at radius 1 is 1.19 bits per heavy atom. The highest BCUT2D eigenvalue weighted by Gasteiger charge is 2.31. The van der Waals surface area contributed by atoms with Crippen molar-refractivity contribution >= 4 is 11.9 Å². The van der Waals surface area contributed by atoms with Crippen molar-refractivity contribution in [3.63, 3.8) is 0 Å². The van der Waals surface area contributed by atoms with Gasteiger partial charge < -0.3 is 15.5 Å². The van der Waals surface area contributed by atoms with E-state index in [0.29, 0.717) is 6.42 Å². The Labute approximate surface area is 125 Å². The summed E-state index contributed by atoms with van der Waals surface area (Å²) in [5.41, 5.74) is 1.08. The Hall–Kier alpha value is -1.88. The molecule has 1 aromatic rings. The van der Waals surface area contributed by atoms with E-state index in [-0.39, 0.29) is 25.0 Å². The zero-order valence-corrected chi connectivity index (χ0v) is 12.5. The molecule has 1 rings (SSSR count). The summed E-state index contributed by atoms with van der Waals surface area (Å²) in [6.07, 6.45) is 0.453. The second-order valence-electron chi connectivity index (χ2n) is 5.30. The fourth-order valence-corrected chi connectivity index (χ4v) is 2.32. The molecule has 0 saturated heterocycles. The van der Waals surface area contributed by atoms with Gasteiger partial charge in [0.2, 0.25) is 5.91 Å². The van der Waals surface area contributed by atoms with Crippen LogP contribution < -0.4 is 5.32 Å². The maximum absolute atomic E-state index is 12.1. The van der Waals surface area contributed by atoms with Gasteiger partial charge in [-0.15, -0.1) is 0 Å². The average molecular weight is 293 g/mol. The first kappa shape index (κ1) is 17.2. The molecule has 3 N–H and O–H groups in total. The van der Waals surface area contributed by atoms with Gasteiger partial charge in [0.1, 0.15) is 0 Å². The predicted molar refractivity (Wildman–Crippen MR) is 79.9 cm³/mol. The molecule has 21 heavy (non-hydrogen) atoms. The highest BCUT2D eigenvalue weighted by atomic mass is 16.4. The van der Waals surface area contributed by atoms with Gasteiger partial charge in [0, 0.05) is 6.54 Å². The van der Waals surface area contributed by atoms with E-state index in [4.69, 9.17) is 5.11 Å². The number of benzene rings is 1. The molecule has 1 amide bonds. The predicted octanol–water partition coefficient (Wildman–Crippen LogP) is 1.63. The molecule has 0 heterocycles. The molecular formula is C16H23NO4. The molecule has 3 atom stereocenters. The minimum absolute atomic E-state index is 0.0814. The zero-order chi connectivity index (χ0) is 15.8. The molecule has 0 aliphatic carbocycles. The Morgan fingerprint density at radius 3 is 2.33 bits per heavy atom. The Morgan fingerprint density at radius 2 is 1.81 bits per heavy atom. The highest BCUT2D eigenvalue weighted by Crippen LogP contribution is 2.28. The lowest BCUT2D eigenvalue weighted by Crippen LogP contribution is -2.38. The van der Waals surface area contributed by atoms with E-state index < -0.39 is 17.8 Å². The van der Waals surface area contributed by atoms with Crippen molar-refractivity contribution in [2.75, 3.05) is 13.2 Å². The molecule has 116 valence electrons. The van der Waals surface area contributed by atoms with E-state index in [1.54, 1.807) is 6.92 Å². The number of hydrogen-bond acceptors (Lipinski definition) is 3. The average Bonchev–Trinajstić information content (AvgIpc) is 2.50. The van der Waals surface area contributed by atoms with Gasteiger partial charge in [0.25, 0.3) is 0 Å². The zero-order valence-electron chi connectivity index (χ0n) is 12.5. The van der Waals surface area contributed by atoms with Gasteiger partial charge in [0.15, 0.2) is 0 Å². The SMILES string of the molecule is CC(CC(C(=O)NCCO)[C@@H](C)C(=O)O)c1ccccc1. The van der Waals surface area contributed by atoms with Crippen LogP contribution in [0.15, 0.2) is 30.3 Å². The van der Waals surface area contributed by atoms with E-state index in [0.717, 1.165) is 5.56 Å². The number of carboxylic acid groups (broad SMARTS) is 1. The summed E-state index contributed by atoms with van der Waals surface area (Å²) in [7, 11) is 0. The van der Waals surface area contributed by atoms with Crippen molar-refractivity contribution in [2.24, 2.45) is 11.8 Å². The number of aliphatic carboxylic acids is 1. The van der Waals surface area contributed by atoms with Gasteiger partial charge in [-0.25, -0.2) is 0 Å². The summed E-state index contributed by atoms with van der Waals surface area (Å²) in [4.78, 5) is 23.3. The quantitative estimate of drug-likeness (QED) is 0.680. The maximum Gasteiger partial charge on any atom is 0.307 e. The number of hydrogen-bond donors (Lipinski definition) is 3. The van der Waals surface area contributed by atoms with E-state index in [2.05, 4.69) is 5.32 Å². The van der Waals surface area contributed by atoms with Crippen LogP contribution in [0.4, 0.5) is 0 Å². The topological polar surface area (TPSA) is 86.6 Å².